The lowest BCUT2D eigenvalue weighted by atomic mass is 9.82. The van der Waals surface area contributed by atoms with Crippen LogP contribution in [0.25, 0.3) is 0 Å². The van der Waals surface area contributed by atoms with E-state index in [9.17, 15) is 14.4 Å². The summed E-state index contributed by atoms with van der Waals surface area (Å²) >= 11 is 0. The Morgan fingerprint density at radius 1 is 1.21 bits per heavy atom. The molecule has 1 atom stereocenters. The molecule has 0 bridgehead atoms. The molecule has 2 heterocycles. The van der Waals surface area contributed by atoms with Crippen molar-refractivity contribution in [2.75, 3.05) is 19.0 Å². The molecule has 152 valence electrons. The number of nitrogens with zero attached hydrogens (tertiary/aromatic N) is 2. The third-order valence-corrected chi connectivity index (χ3v) is 5.29. The molecule has 0 unspecified atom stereocenters. The van der Waals surface area contributed by atoms with Gasteiger partial charge in [-0.1, -0.05) is 30.3 Å². The second-order valence-corrected chi connectivity index (χ2v) is 7.15. The topological polar surface area (TPSA) is 115 Å². The van der Waals surface area contributed by atoms with E-state index in [0.717, 1.165) is 24.8 Å². The number of rotatable bonds is 4. The van der Waals surface area contributed by atoms with Crippen molar-refractivity contribution in [2.24, 2.45) is 5.73 Å². The van der Waals surface area contributed by atoms with Crippen molar-refractivity contribution in [3.8, 4) is 5.88 Å². The van der Waals surface area contributed by atoms with E-state index in [2.05, 4.69) is 10.3 Å². The number of anilines is 1. The van der Waals surface area contributed by atoms with Gasteiger partial charge in [0.1, 0.15) is 5.56 Å². The van der Waals surface area contributed by atoms with Crippen LogP contribution in [0.15, 0.2) is 42.6 Å². The van der Waals surface area contributed by atoms with Crippen LogP contribution in [0.4, 0.5) is 5.69 Å². The van der Waals surface area contributed by atoms with Crippen LogP contribution in [0.1, 0.15) is 42.1 Å². The molecule has 1 aromatic heterocycles. The van der Waals surface area contributed by atoms with E-state index in [4.69, 9.17) is 10.5 Å². The summed E-state index contributed by atoms with van der Waals surface area (Å²) in [6.07, 6.45) is 3.88. The summed E-state index contributed by atoms with van der Waals surface area (Å²) in [6.45, 7) is 2.47. The van der Waals surface area contributed by atoms with Gasteiger partial charge in [-0.2, -0.15) is 0 Å². The lowest BCUT2D eigenvalue weighted by Gasteiger charge is -2.45. The van der Waals surface area contributed by atoms with E-state index in [-0.39, 0.29) is 17.1 Å². The number of carbonyl (C=O) groups is 3. The first-order valence-corrected chi connectivity index (χ1v) is 9.39. The Balaban J connectivity index is 1.83. The van der Waals surface area contributed by atoms with Gasteiger partial charge in [-0.05, 0) is 37.8 Å². The fraction of sp³-hybridized carbons (Fsp3) is 0.333. The highest BCUT2D eigenvalue weighted by Crippen LogP contribution is 2.37. The number of likely N-dealkylation sites (tertiary alicyclic amines) is 1. The van der Waals surface area contributed by atoms with E-state index in [1.165, 1.54) is 19.4 Å². The van der Waals surface area contributed by atoms with E-state index >= 15 is 0 Å². The summed E-state index contributed by atoms with van der Waals surface area (Å²) in [7, 11) is 1.36. The Morgan fingerprint density at radius 3 is 2.59 bits per heavy atom. The largest absolute Gasteiger partial charge is 0.480 e. The van der Waals surface area contributed by atoms with Gasteiger partial charge in [-0.25, -0.2) is 4.98 Å². The molecule has 8 nitrogen and oxygen atoms in total. The van der Waals surface area contributed by atoms with Gasteiger partial charge in [-0.15, -0.1) is 0 Å². The fourth-order valence-electron chi connectivity index (χ4n) is 3.71. The van der Waals surface area contributed by atoms with Crippen molar-refractivity contribution in [1.82, 2.24) is 9.88 Å². The van der Waals surface area contributed by atoms with Crippen LogP contribution in [0.3, 0.4) is 0 Å². The average molecular weight is 396 g/mol. The molecule has 0 radical (unpaired) electrons. The summed E-state index contributed by atoms with van der Waals surface area (Å²) in [5.74, 6) is -2.12. The second kappa shape index (κ2) is 8.30. The molecule has 1 aliphatic rings. The van der Waals surface area contributed by atoms with Crippen LogP contribution in [0.5, 0.6) is 5.88 Å². The summed E-state index contributed by atoms with van der Waals surface area (Å²) in [4.78, 5) is 42.8. The predicted molar refractivity (Wildman–Crippen MR) is 107 cm³/mol. The number of hydrogen-bond acceptors (Lipinski definition) is 5. The number of ether oxygens (including phenoxy) is 1. The summed E-state index contributed by atoms with van der Waals surface area (Å²) in [6, 6.07) is 11.0. The average Bonchev–Trinajstić information content (AvgIpc) is 2.74. The second-order valence-electron chi connectivity index (χ2n) is 7.15. The number of methoxy groups -OCH3 is 1. The van der Waals surface area contributed by atoms with Crippen molar-refractivity contribution in [1.29, 1.82) is 0 Å². The molecule has 8 heteroatoms. The smallest absolute Gasteiger partial charge is 0.313 e. The number of benzene rings is 1. The lowest BCUT2D eigenvalue weighted by molar-refractivity contribution is -0.149. The van der Waals surface area contributed by atoms with E-state index < -0.39 is 23.3 Å². The number of nitrogens with one attached hydrogen (secondary N) is 1. The first-order valence-electron chi connectivity index (χ1n) is 9.39. The summed E-state index contributed by atoms with van der Waals surface area (Å²) in [5, 5.41) is 2.52. The highest BCUT2D eigenvalue weighted by molar-refractivity contribution is 6.39. The Morgan fingerprint density at radius 2 is 1.93 bits per heavy atom. The number of carbonyl (C=O) groups excluding carboxylic acids is 3. The maximum Gasteiger partial charge on any atom is 0.313 e. The van der Waals surface area contributed by atoms with Gasteiger partial charge >= 0.3 is 11.8 Å². The standard InChI is InChI=1S/C21H24N4O4/c1-21(14-8-4-3-5-9-14)10-6-7-11-25(21)20(28)18(27)24-15-12-16(17(22)26)19(29-2)23-13-15/h3-5,8-9,12-13H,6-7,10-11H2,1-2H3,(H2,22,26)(H,24,27)/t21-/m0/s1. The molecule has 1 saturated heterocycles. The van der Waals surface area contributed by atoms with Crippen LogP contribution in [-0.4, -0.2) is 41.3 Å². The highest BCUT2D eigenvalue weighted by atomic mass is 16.5. The SMILES string of the molecule is COc1ncc(NC(=O)C(=O)N2CCCC[C@@]2(C)c2ccccc2)cc1C(N)=O. The molecule has 0 aliphatic carbocycles. The Hall–Kier alpha value is -3.42. The molecule has 2 aromatic rings. The van der Waals surface area contributed by atoms with Crippen molar-refractivity contribution in [2.45, 2.75) is 31.7 Å². The van der Waals surface area contributed by atoms with E-state index in [1.807, 2.05) is 37.3 Å². The van der Waals surface area contributed by atoms with Gasteiger partial charge in [0.05, 0.1) is 24.5 Å². The van der Waals surface area contributed by atoms with Crippen LogP contribution in [0.2, 0.25) is 0 Å². The molecule has 3 N–H and O–H groups in total. The number of hydrogen-bond donors (Lipinski definition) is 2. The first-order chi connectivity index (χ1) is 13.9. The number of amides is 3. The molecule has 3 amide bonds. The minimum Gasteiger partial charge on any atom is -0.480 e. The number of nitrogens with two attached hydrogens (primary N) is 1. The predicted octanol–water partition coefficient (Wildman–Crippen LogP) is 2.06. The molecular weight excluding hydrogens is 372 g/mol. The van der Waals surface area contributed by atoms with E-state index in [0.29, 0.717) is 6.54 Å². The summed E-state index contributed by atoms with van der Waals surface area (Å²) in [5.41, 5.74) is 5.95. The monoisotopic (exact) mass is 396 g/mol. The third kappa shape index (κ3) is 4.06. The molecule has 1 aliphatic heterocycles. The molecule has 1 aromatic carbocycles. The molecule has 0 saturated carbocycles. The Bertz CT molecular complexity index is 932. The van der Waals surface area contributed by atoms with Gasteiger partial charge in [-0.3, -0.25) is 14.4 Å². The van der Waals surface area contributed by atoms with Crippen molar-refractivity contribution >= 4 is 23.4 Å². The number of piperidine rings is 1. The van der Waals surface area contributed by atoms with Crippen molar-refractivity contribution in [3.05, 3.63) is 53.7 Å². The number of pyridine rings is 1. The normalized spacial score (nSPS) is 18.8. The summed E-state index contributed by atoms with van der Waals surface area (Å²) < 4.78 is 4.99. The maximum atomic E-state index is 13.0. The highest BCUT2D eigenvalue weighted by Gasteiger charge is 2.41. The zero-order chi connectivity index (χ0) is 21.0. The number of primary amides is 1. The van der Waals surface area contributed by atoms with Crippen LogP contribution < -0.4 is 15.8 Å². The first kappa shape index (κ1) is 20.3. The number of aromatic nitrogens is 1. The molecule has 29 heavy (non-hydrogen) atoms. The van der Waals surface area contributed by atoms with E-state index in [1.54, 1.807) is 4.90 Å². The molecule has 0 spiro atoms. The van der Waals surface area contributed by atoms with Gasteiger partial charge in [0.2, 0.25) is 5.88 Å². The van der Waals surface area contributed by atoms with Crippen LogP contribution in [-0.2, 0) is 15.1 Å². The zero-order valence-electron chi connectivity index (χ0n) is 16.5. The third-order valence-electron chi connectivity index (χ3n) is 5.29. The minimum atomic E-state index is -0.795. The van der Waals surface area contributed by atoms with Gasteiger partial charge in [0, 0.05) is 6.54 Å². The quantitative estimate of drug-likeness (QED) is 0.768. The van der Waals surface area contributed by atoms with Crippen molar-refractivity contribution < 1.29 is 19.1 Å². The minimum absolute atomic E-state index is 0.0184. The zero-order valence-corrected chi connectivity index (χ0v) is 16.5. The lowest BCUT2D eigenvalue weighted by Crippen LogP contribution is -2.53. The van der Waals surface area contributed by atoms with Gasteiger partial charge < -0.3 is 20.7 Å². The fourth-order valence-corrected chi connectivity index (χ4v) is 3.71. The maximum absolute atomic E-state index is 13.0. The Kier molecular flexibility index (Phi) is 5.81. The molecule has 3 rings (SSSR count). The van der Waals surface area contributed by atoms with Crippen molar-refractivity contribution in [3.63, 3.8) is 0 Å². The van der Waals surface area contributed by atoms with Crippen LogP contribution in [0, 0.1) is 0 Å². The molecular formula is C21H24N4O4. The van der Waals surface area contributed by atoms with Gasteiger partial charge in [0.25, 0.3) is 5.91 Å². The van der Waals surface area contributed by atoms with Gasteiger partial charge in [0.15, 0.2) is 0 Å². The Labute approximate surface area is 169 Å². The molecule has 1 fully saturated rings. The van der Waals surface area contributed by atoms with Crippen LogP contribution >= 0.6 is 0 Å².